The smallest absolute Gasteiger partial charge is 0.115 e. The molecule has 1 aromatic carbocycles. The lowest BCUT2D eigenvalue weighted by Crippen LogP contribution is -2.36. The molecule has 2 heterocycles. The minimum absolute atomic E-state index is 0.336. The quantitative estimate of drug-likeness (QED) is 0.655. The van der Waals surface area contributed by atoms with Crippen molar-refractivity contribution in [1.82, 2.24) is 10.2 Å². The van der Waals surface area contributed by atoms with Crippen LogP contribution in [0.1, 0.15) is 6.42 Å². The van der Waals surface area contributed by atoms with Crippen LogP contribution < -0.4 is 5.32 Å². The maximum absolute atomic E-state index is 9.17. The zero-order valence-corrected chi connectivity index (χ0v) is 14.5. The lowest BCUT2D eigenvalue weighted by atomic mass is 10.3. The molecule has 0 saturated carbocycles. The Morgan fingerprint density at radius 1 is 1.00 bits per heavy atom. The van der Waals surface area contributed by atoms with Crippen molar-refractivity contribution < 1.29 is 14.6 Å². The molecule has 5 nitrogen and oxygen atoms in total. The number of thioether (sulfide) groups is 1. The summed E-state index contributed by atoms with van der Waals surface area (Å²) >= 11 is 1.85. The van der Waals surface area contributed by atoms with Gasteiger partial charge in [0, 0.05) is 31.1 Å². The number of aromatic hydroxyl groups is 1. The van der Waals surface area contributed by atoms with Crippen molar-refractivity contribution in [2.45, 2.75) is 11.3 Å². The Morgan fingerprint density at radius 3 is 2.22 bits per heavy atom. The lowest BCUT2D eigenvalue weighted by molar-refractivity contribution is 0.0381. The summed E-state index contributed by atoms with van der Waals surface area (Å²) in [5.41, 5.74) is 0. The van der Waals surface area contributed by atoms with Crippen LogP contribution in [0.3, 0.4) is 0 Å². The minimum atomic E-state index is 0.336. The second-order valence-corrected chi connectivity index (χ2v) is 6.60. The highest BCUT2D eigenvalue weighted by atomic mass is 32.2. The molecule has 23 heavy (non-hydrogen) atoms. The Bertz CT molecular complexity index is 395. The predicted molar refractivity (Wildman–Crippen MR) is 93.4 cm³/mol. The third-order valence-electron chi connectivity index (χ3n) is 3.62. The van der Waals surface area contributed by atoms with E-state index in [1.807, 2.05) is 23.9 Å². The number of rotatable bonds is 5. The highest BCUT2D eigenvalue weighted by Crippen LogP contribution is 2.21. The molecule has 129 valence electrons. The molecule has 1 radical (unpaired) electrons. The molecule has 1 aromatic rings. The summed E-state index contributed by atoms with van der Waals surface area (Å²) in [5.74, 6) is 1.46. The van der Waals surface area contributed by atoms with Gasteiger partial charge < -0.3 is 14.6 Å². The van der Waals surface area contributed by atoms with Gasteiger partial charge in [0.05, 0.1) is 26.4 Å². The molecule has 3 rings (SSSR count). The molecule has 2 saturated heterocycles. The first-order valence-electron chi connectivity index (χ1n) is 8.27. The maximum Gasteiger partial charge on any atom is 0.115 e. The van der Waals surface area contributed by atoms with Gasteiger partial charge in [0.15, 0.2) is 0 Å². The van der Waals surface area contributed by atoms with Gasteiger partial charge in [-0.05, 0) is 43.0 Å². The molecule has 0 bridgehead atoms. The standard InChI is InChI=1S/C13H19NO2S.C4H8NO/c15-12-2-4-13(5-3-12)17-11-1-6-14-7-9-16-10-8-14;1-3-6-4-2-5-1/h2-5,15H,1,6-11H2;1-4H2. The number of hydrogen-bond acceptors (Lipinski definition) is 5. The summed E-state index contributed by atoms with van der Waals surface area (Å²) in [6.07, 6.45) is 1.20. The summed E-state index contributed by atoms with van der Waals surface area (Å²) in [6.45, 7) is 8.54. The molecular weight excluding hydrogens is 312 g/mol. The SMILES string of the molecule is C1COCC[N]1.Oc1ccc(SCCCN2CCOCC2)cc1. The number of morpholine rings is 2. The average Bonchev–Trinajstić information content (AvgIpc) is 2.63. The Kier molecular flexibility index (Phi) is 9.44. The Balaban J connectivity index is 0.000000268. The van der Waals surface area contributed by atoms with Gasteiger partial charge in [0.2, 0.25) is 0 Å². The van der Waals surface area contributed by atoms with Gasteiger partial charge in [-0.1, -0.05) is 0 Å². The molecule has 0 aliphatic carbocycles. The first-order valence-corrected chi connectivity index (χ1v) is 9.26. The van der Waals surface area contributed by atoms with Crippen LogP contribution >= 0.6 is 11.8 Å². The largest absolute Gasteiger partial charge is 0.508 e. The zero-order chi connectivity index (χ0) is 16.2. The summed E-state index contributed by atoms with van der Waals surface area (Å²) in [6, 6.07) is 7.41. The molecule has 0 spiro atoms. The molecule has 2 fully saturated rings. The third-order valence-corrected chi connectivity index (χ3v) is 4.71. The lowest BCUT2D eigenvalue weighted by Gasteiger charge is -2.26. The Labute approximate surface area is 143 Å². The number of benzene rings is 1. The van der Waals surface area contributed by atoms with Crippen LogP contribution in [-0.4, -0.2) is 74.9 Å². The van der Waals surface area contributed by atoms with Crippen molar-refractivity contribution in [2.24, 2.45) is 0 Å². The van der Waals surface area contributed by atoms with Gasteiger partial charge in [-0.2, -0.15) is 0 Å². The summed E-state index contributed by atoms with van der Waals surface area (Å²) in [4.78, 5) is 3.69. The van der Waals surface area contributed by atoms with E-state index in [0.717, 1.165) is 64.9 Å². The Hall–Kier alpha value is -0.790. The van der Waals surface area contributed by atoms with Crippen molar-refractivity contribution in [1.29, 1.82) is 0 Å². The summed E-state index contributed by atoms with van der Waals surface area (Å²) in [7, 11) is 0. The fourth-order valence-corrected chi connectivity index (χ4v) is 3.16. The number of phenolic OH excluding ortho intramolecular Hbond substituents is 1. The van der Waals surface area contributed by atoms with Crippen molar-refractivity contribution in [3.05, 3.63) is 24.3 Å². The van der Waals surface area contributed by atoms with E-state index in [1.54, 1.807) is 12.1 Å². The molecule has 1 N–H and O–H groups in total. The molecule has 0 unspecified atom stereocenters. The molecule has 0 aromatic heterocycles. The van der Waals surface area contributed by atoms with E-state index in [9.17, 15) is 5.11 Å². The van der Waals surface area contributed by atoms with Crippen molar-refractivity contribution in [3.8, 4) is 5.75 Å². The first-order chi connectivity index (χ1) is 11.3. The number of phenols is 1. The second-order valence-electron chi connectivity index (χ2n) is 5.43. The van der Waals surface area contributed by atoms with Crippen molar-refractivity contribution in [3.63, 3.8) is 0 Å². The summed E-state index contributed by atoms with van der Waals surface area (Å²) in [5, 5.41) is 13.2. The van der Waals surface area contributed by atoms with Gasteiger partial charge in [-0.25, -0.2) is 5.32 Å². The Morgan fingerprint density at radius 2 is 1.65 bits per heavy atom. The van der Waals surface area contributed by atoms with Crippen LogP contribution in [0.5, 0.6) is 5.75 Å². The summed E-state index contributed by atoms with van der Waals surface area (Å²) < 4.78 is 10.3. The molecular formula is C17H27N2O3S. The van der Waals surface area contributed by atoms with Crippen LogP contribution in [0.2, 0.25) is 0 Å². The van der Waals surface area contributed by atoms with Gasteiger partial charge in [0.25, 0.3) is 0 Å². The minimum Gasteiger partial charge on any atom is -0.508 e. The zero-order valence-electron chi connectivity index (χ0n) is 13.7. The van der Waals surface area contributed by atoms with E-state index >= 15 is 0 Å². The van der Waals surface area contributed by atoms with Crippen molar-refractivity contribution >= 4 is 11.8 Å². The van der Waals surface area contributed by atoms with E-state index < -0.39 is 0 Å². The van der Waals surface area contributed by atoms with Gasteiger partial charge in [-0.3, -0.25) is 4.90 Å². The number of ether oxygens (including phenoxy) is 2. The first kappa shape index (κ1) is 18.5. The molecule has 2 aliphatic heterocycles. The fraction of sp³-hybridized carbons (Fsp3) is 0.647. The van der Waals surface area contributed by atoms with Gasteiger partial charge in [-0.15, -0.1) is 11.8 Å². The number of hydrogen-bond donors (Lipinski definition) is 1. The van der Waals surface area contributed by atoms with E-state index in [4.69, 9.17) is 9.47 Å². The van der Waals surface area contributed by atoms with Crippen LogP contribution in [0, 0.1) is 0 Å². The normalized spacial score (nSPS) is 19.0. The van der Waals surface area contributed by atoms with Crippen LogP contribution in [-0.2, 0) is 9.47 Å². The molecule has 2 aliphatic rings. The van der Waals surface area contributed by atoms with E-state index in [0.29, 0.717) is 5.75 Å². The van der Waals surface area contributed by atoms with E-state index in [2.05, 4.69) is 10.2 Å². The molecule has 0 atom stereocenters. The second kappa shape index (κ2) is 11.7. The van der Waals surface area contributed by atoms with E-state index in [1.165, 1.54) is 11.3 Å². The fourth-order valence-electron chi connectivity index (χ4n) is 2.32. The third kappa shape index (κ3) is 8.58. The van der Waals surface area contributed by atoms with Crippen LogP contribution in [0.25, 0.3) is 0 Å². The topological polar surface area (TPSA) is 56.0 Å². The monoisotopic (exact) mass is 339 g/mol. The van der Waals surface area contributed by atoms with Crippen molar-refractivity contribution in [2.75, 3.05) is 64.9 Å². The highest BCUT2D eigenvalue weighted by Gasteiger charge is 2.09. The molecule has 6 heteroatoms. The maximum atomic E-state index is 9.17. The van der Waals surface area contributed by atoms with Crippen LogP contribution in [0.15, 0.2) is 29.2 Å². The van der Waals surface area contributed by atoms with Crippen LogP contribution in [0.4, 0.5) is 0 Å². The van der Waals surface area contributed by atoms with E-state index in [-0.39, 0.29) is 0 Å². The molecule has 0 amide bonds. The average molecular weight is 339 g/mol. The number of nitrogens with zero attached hydrogens (tertiary/aromatic N) is 2. The predicted octanol–water partition coefficient (Wildman–Crippen LogP) is 1.83. The highest BCUT2D eigenvalue weighted by molar-refractivity contribution is 7.99. The van der Waals surface area contributed by atoms with Gasteiger partial charge in [0.1, 0.15) is 5.75 Å². The van der Waals surface area contributed by atoms with Gasteiger partial charge >= 0.3 is 0 Å².